The maximum atomic E-state index is 12.5. The average Bonchev–Trinajstić information content (AvgIpc) is 2.42. The van der Waals surface area contributed by atoms with Crippen molar-refractivity contribution in [2.45, 2.75) is 32.2 Å². The van der Waals surface area contributed by atoms with E-state index in [4.69, 9.17) is 5.73 Å². The highest BCUT2D eigenvalue weighted by atomic mass is 19.4. The van der Waals surface area contributed by atoms with Gasteiger partial charge in [0.2, 0.25) is 0 Å². The maximum absolute atomic E-state index is 12.5. The Morgan fingerprint density at radius 1 is 1.29 bits per heavy atom. The van der Waals surface area contributed by atoms with Gasteiger partial charge < -0.3 is 10.5 Å². The predicted octanol–water partition coefficient (Wildman–Crippen LogP) is 3.32. The number of rotatable bonds is 4. The topological polar surface area (TPSA) is 38.5 Å². The highest BCUT2D eigenvalue weighted by Crippen LogP contribution is 2.34. The Morgan fingerprint density at radius 3 is 2.48 bits per heavy atom. The number of halogens is 3. The van der Waals surface area contributed by atoms with E-state index in [0.717, 1.165) is 25.9 Å². The quantitative estimate of drug-likeness (QED) is 0.927. The fourth-order valence-corrected chi connectivity index (χ4v) is 2.79. The first-order valence-corrected chi connectivity index (χ1v) is 7.19. The summed E-state index contributed by atoms with van der Waals surface area (Å²) in [7, 11) is 0. The zero-order valence-corrected chi connectivity index (χ0v) is 12.1. The van der Waals surface area contributed by atoms with Crippen LogP contribution in [0, 0.1) is 5.92 Å². The summed E-state index contributed by atoms with van der Waals surface area (Å²) >= 11 is 0. The SMILES string of the molecule is CC1CCN(C(CN)c2ccccc2OC(F)(F)F)CC1. The fourth-order valence-electron chi connectivity index (χ4n) is 2.79. The number of hydrogen-bond acceptors (Lipinski definition) is 3. The van der Waals surface area contributed by atoms with Crippen LogP contribution in [-0.2, 0) is 0 Å². The molecule has 118 valence electrons. The van der Waals surface area contributed by atoms with E-state index in [1.54, 1.807) is 12.1 Å². The van der Waals surface area contributed by atoms with Crippen LogP contribution < -0.4 is 10.5 Å². The molecule has 1 atom stereocenters. The van der Waals surface area contributed by atoms with E-state index in [-0.39, 0.29) is 18.3 Å². The third-order valence-corrected chi connectivity index (χ3v) is 3.99. The molecule has 1 saturated heterocycles. The number of likely N-dealkylation sites (tertiary alicyclic amines) is 1. The number of ether oxygens (including phenoxy) is 1. The maximum Gasteiger partial charge on any atom is 0.573 e. The smallest absolute Gasteiger partial charge is 0.405 e. The van der Waals surface area contributed by atoms with Gasteiger partial charge in [-0.25, -0.2) is 0 Å². The van der Waals surface area contributed by atoms with Crippen molar-refractivity contribution in [3.63, 3.8) is 0 Å². The molecule has 3 nitrogen and oxygen atoms in total. The normalized spacial score (nSPS) is 19.5. The van der Waals surface area contributed by atoms with Gasteiger partial charge in [-0.15, -0.1) is 13.2 Å². The van der Waals surface area contributed by atoms with Crippen LogP contribution in [0.2, 0.25) is 0 Å². The Hall–Kier alpha value is -1.27. The minimum atomic E-state index is -4.69. The van der Waals surface area contributed by atoms with Gasteiger partial charge in [0.1, 0.15) is 5.75 Å². The Bertz CT molecular complexity index is 456. The number of benzene rings is 1. The first-order valence-electron chi connectivity index (χ1n) is 7.19. The van der Waals surface area contributed by atoms with E-state index >= 15 is 0 Å². The van der Waals surface area contributed by atoms with Gasteiger partial charge in [-0.2, -0.15) is 0 Å². The summed E-state index contributed by atoms with van der Waals surface area (Å²) in [5, 5.41) is 0. The third kappa shape index (κ3) is 4.35. The van der Waals surface area contributed by atoms with Gasteiger partial charge in [-0.3, -0.25) is 4.90 Å². The van der Waals surface area contributed by atoms with Crippen LogP contribution in [0.15, 0.2) is 24.3 Å². The van der Waals surface area contributed by atoms with Crippen molar-refractivity contribution < 1.29 is 17.9 Å². The summed E-state index contributed by atoms with van der Waals surface area (Å²) in [5.41, 5.74) is 6.33. The summed E-state index contributed by atoms with van der Waals surface area (Å²) in [6, 6.07) is 6.02. The summed E-state index contributed by atoms with van der Waals surface area (Å²) in [4.78, 5) is 2.15. The van der Waals surface area contributed by atoms with E-state index in [0.29, 0.717) is 11.5 Å². The van der Waals surface area contributed by atoms with Crippen molar-refractivity contribution in [2.75, 3.05) is 19.6 Å². The van der Waals surface area contributed by atoms with Crippen molar-refractivity contribution in [2.24, 2.45) is 11.7 Å². The molecule has 1 heterocycles. The zero-order valence-electron chi connectivity index (χ0n) is 12.1. The summed E-state index contributed by atoms with van der Waals surface area (Å²) in [6.07, 6.45) is -2.61. The molecule has 0 aliphatic carbocycles. The van der Waals surface area contributed by atoms with Crippen LogP contribution >= 0.6 is 0 Å². The van der Waals surface area contributed by atoms with E-state index in [1.165, 1.54) is 12.1 Å². The molecule has 1 aromatic rings. The standard InChI is InChI=1S/C15H21F3N2O/c1-11-6-8-20(9-7-11)13(10-19)12-4-2-3-5-14(12)21-15(16,17)18/h2-5,11,13H,6-10,19H2,1H3. The van der Waals surface area contributed by atoms with Crippen LogP contribution in [-0.4, -0.2) is 30.9 Å². The molecule has 1 aromatic carbocycles. The van der Waals surface area contributed by atoms with Crippen LogP contribution in [0.25, 0.3) is 0 Å². The minimum absolute atomic E-state index is 0.154. The van der Waals surface area contributed by atoms with Crippen LogP contribution in [0.1, 0.15) is 31.4 Å². The van der Waals surface area contributed by atoms with Gasteiger partial charge in [-0.1, -0.05) is 25.1 Å². The molecular formula is C15H21F3N2O. The molecule has 1 fully saturated rings. The Kier molecular flexibility index (Phi) is 5.11. The molecule has 0 aromatic heterocycles. The summed E-state index contributed by atoms with van der Waals surface area (Å²) in [6.45, 7) is 4.16. The molecule has 0 saturated carbocycles. The number of piperidine rings is 1. The van der Waals surface area contributed by atoms with Crippen LogP contribution in [0.4, 0.5) is 13.2 Å². The van der Waals surface area contributed by atoms with Crippen LogP contribution in [0.3, 0.4) is 0 Å². The lowest BCUT2D eigenvalue weighted by Crippen LogP contribution is -2.39. The Balaban J connectivity index is 2.21. The van der Waals surface area contributed by atoms with Gasteiger partial charge in [0, 0.05) is 12.1 Å². The highest BCUT2D eigenvalue weighted by Gasteiger charge is 2.34. The molecule has 2 rings (SSSR count). The molecule has 0 spiro atoms. The molecule has 1 aliphatic rings. The van der Waals surface area contributed by atoms with E-state index < -0.39 is 6.36 Å². The lowest BCUT2D eigenvalue weighted by molar-refractivity contribution is -0.275. The number of para-hydroxylation sites is 1. The molecule has 2 N–H and O–H groups in total. The lowest BCUT2D eigenvalue weighted by atomic mass is 9.95. The summed E-state index contributed by atoms with van der Waals surface area (Å²) < 4.78 is 41.7. The molecular weight excluding hydrogens is 281 g/mol. The number of nitrogens with zero attached hydrogens (tertiary/aromatic N) is 1. The van der Waals surface area contributed by atoms with Crippen molar-refractivity contribution in [1.29, 1.82) is 0 Å². The second-order valence-corrected chi connectivity index (χ2v) is 5.56. The molecule has 1 unspecified atom stereocenters. The Morgan fingerprint density at radius 2 is 1.90 bits per heavy atom. The minimum Gasteiger partial charge on any atom is -0.405 e. The molecule has 0 bridgehead atoms. The van der Waals surface area contributed by atoms with Crippen molar-refractivity contribution in [3.8, 4) is 5.75 Å². The van der Waals surface area contributed by atoms with Gasteiger partial charge >= 0.3 is 6.36 Å². The molecule has 0 radical (unpaired) electrons. The van der Waals surface area contributed by atoms with Crippen molar-refractivity contribution in [1.82, 2.24) is 4.90 Å². The van der Waals surface area contributed by atoms with Gasteiger partial charge in [-0.05, 0) is 37.9 Å². The number of hydrogen-bond donors (Lipinski definition) is 1. The second-order valence-electron chi connectivity index (χ2n) is 5.56. The third-order valence-electron chi connectivity index (χ3n) is 3.99. The number of nitrogens with two attached hydrogens (primary N) is 1. The van der Waals surface area contributed by atoms with Crippen molar-refractivity contribution >= 4 is 0 Å². The molecule has 0 amide bonds. The largest absolute Gasteiger partial charge is 0.573 e. The molecule has 6 heteroatoms. The van der Waals surface area contributed by atoms with Gasteiger partial charge in [0.05, 0.1) is 6.04 Å². The fraction of sp³-hybridized carbons (Fsp3) is 0.600. The average molecular weight is 302 g/mol. The van der Waals surface area contributed by atoms with E-state index in [1.807, 2.05) is 0 Å². The van der Waals surface area contributed by atoms with Gasteiger partial charge in [0.25, 0.3) is 0 Å². The first-order chi connectivity index (χ1) is 9.90. The highest BCUT2D eigenvalue weighted by molar-refractivity contribution is 5.36. The van der Waals surface area contributed by atoms with Crippen molar-refractivity contribution in [3.05, 3.63) is 29.8 Å². The molecule has 21 heavy (non-hydrogen) atoms. The summed E-state index contributed by atoms with van der Waals surface area (Å²) in [5.74, 6) is 0.500. The Labute approximate surface area is 122 Å². The first kappa shape index (κ1) is 16.1. The number of alkyl halides is 3. The lowest BCUT2D eigenvalue weighted by Gasteiger charge is -2.37. The van der Waals surface area contributed by atoms with Gasteiger partial charge in [0.15, 0.2) is 0 Å². The zero-order chi connectivity index (χ0) is 15.5. The molecule has 1 aliphatic heterocycles. The second kappa shape index (κ2) is 6.66. The van der Waals surface area contributed by atoms with E-state index in [9.17, 15) is 13.2 Å². The van der Waals surface area contributed by atoms with Crippen LogP contribution in [0.5, 0.6) is 5.75 Å². The monoisotopic (exact) mass is 302 g/mol. The predicted molar refractivity (Wildman–Crippen MR) is 74.9 cm³/mol. The van der Waals surface area contributed by atoms with E-state index in [2.05, 4.69) is 16.6 Å².